The van der Waals surface area contributed by atoms with Crippen LogP contribution in [0.5, 0.6) is 0 Å². The van der Waals surface area contributed by atoms with Crippen LogP contribution in [-0.2, 0) is 6.42 Å². The molecule has 0 unspecified atom stereocenters. The minimum absolute atomic E-state index is 0.132. The van der Waals surface area contributed by atoms with Crippen LogP contribution in [0.1, 0.15) is 21.5 Å². The number of rotatable bonds is 3. The summed E-state index contributed by atoms with van der Waals surface area (Å²) < 4.78 is 26.6. The molecule has 2 aromatic carbocycles. The average molecular weight is 325 g/mol. The van der Waals surface area contributed by atoms with Gasteiger partial charge in [-0.05, 0) is 58.2 Å². The molecule has 4 heteroatoms. The molecule has 0 heterocycles. The van der Waals surface area contributed by atoms with Crippen LogP contribution in [0.2, 0.25) is 0 Å². The zero-order chi connectivity index (χ0) is 14.0. The maximum atomic E-state index is 13.4. The van der Waals surface area contributed by atoms with Crippen molar-refractivity contribution in [2.24, 2.45) is 0 Å². The van der Waals surface area contributed by atoms with Crippen LogP contribution in [0.25, 0.3) is 0 Å². The van der Waals surface area contributed by atoms with Crippen molar-refractivity contribution in [3.05, 3.63) is 69.2 Å². The Labute approximate surface area is 118 Å². The molecule has 0 fully saturated rings. The molecule has 0 atom stereocenters. The first-order chi connectivity index (χ1) is 8.97. The van der Waals surface area contributed by atoms with Crippen LogP contribution in [0, 0.1) is 18.6 Å². The minimum Gasteiger partial charge on any atom is -0.294 e. The predicted octanol–water partition coefficient (Wildman–Crippen LogP) is 4.46. The number of Topliss-reactive ketones (excluding diaryl/α,β-unsaturated/α-hetero) is 1. The van der Waals surface area contributed by atoms with Gasteiger partial charge >= 0.3 is 0 Å². The Morgan fingerprint density at radius 1 is 1.16 bits per heavy atom. The number of hydrogen-bond acceptors (Lipinski definition) is 1. The van der Waals surface area contributed by atoms with E-state index >= 15 is 0 Å². The summed E-state index contributed by atoms with van der Waals surface area (Å²) in [6.07, 6.45) is 0.132. The molecule has 0 aliphatic heterocycles. The lowest BCUT2D eigenvalue weighted by molar-refractivity contribution is 0.0992. The van der Waals surface area contributed by atoms with Crippen molar-refractivity contribution < 1.29 is 13.6 Å². The fraction of sp³-hybridized carbons (Fsp3) is 0.133. The second kappa shape index (κ2) is 5.61. The van der Waals surface area contributed by atoms with E-state index in [-0.39, 0.29) is 18.0 Å². The summed E-state index contributed by atoms with van der Waals surface area (Å²) in [6.45, 7) is 1.74. The van der Waals surface area contributed by atoms with Crippen LogP contribution in [0.4, 0.5) is 8.78 Å². The molecule has 0 N–H and O–H groups in total. The number of carbonyl (C=O) groups is 1. The van der Waals surface area contributed by atoms with E-state index in [2.05, 4.69) is 15.9 Å². The monoisotopic (exact) mass is 324 g/mol. The average Bonchev–Trinajstić information content (AvgIpc) is 2.36. The Morgan fingerprint density at radius 3 is 2.53 bits per heavy atom. The highest BCUT2D eigenvalue weighted by Gasteiger charge is 2.11. The molecule has 0 bridgehead atoms. The van der Waals surface area contributed by atoms with E-state index in [9.17, 15) is 13.6 Å². The van der Waals surface area contributed by atoms with Crippen molar-refractivity contribution >= 4 is 21.7 Å². The molecule has 0 radical (unpaired) electrons. The van der Waals surface area contributed by atoms with Crippen molar-refractivity contribution in [1.82, 2.24) is 0 Å². The first-order valence-corrected chi connectivity index (χ1v) is 6.50. The van der Waals surface area contributed by atoms with Crippen molar-refractivity contribution in [2.45, 2.75) is 13.3 Å². The van der Waals surface area contributed by atoms with Crippen molar-refractivity contribution in [3.63, 3.8) is 0 Å². The number of aryl methyl sites for hydroxylation is 1. The van der Waals surface area contributed by atoms with E-state index in [1.54, 1.807) is 19.1 Å². The lowest BCUT2D eigenvalue weighted by Crippen LogP contribution is -2.05. The van der Waals surface area contributed by atoms with E-state index in [0.29, 0.717) is 15.6 Å². The summed E-state index contributed by atoms with van der Waals surface area (Å²) in [5.41, 5.74) is 1.77. The Morgan fingerprint density at radius 2 is 1.89 bits per heavy atom. The van der Waals surface area contributed by atoms with E-state index in [4.69, 9.17) is 0 Å². The van der Waals surface area contributed by atoms with E-state index in [1.807, 2.05) is 0 Å². The summed E-state index contributed by atoms with van der Waals surface area (Å²) >= 11 is 3.04. The number of ketones is 1. The van der Waals surface area contributed by atoms with Gasteiger partial charge in [0.05, 0.1) is 4.47 Å². The molecule has 98 valence electrons. The van der Waals surface area contributed by atoms with Crippen LogP contribution < -0.4 is 0 Å². The van der Waals surface area contributed by atoms with Gasteiger partial charge in [-0.1, -0.05) is 12.1 Å². The molecule has 2 aromatic rings. The second-order valence-corrected chi connectivity index (χ2v) is 5.15. The number of carbonyl (C=O) groups excluding carboxylic acids is 1. The fourth-order valence-electron chi connectivity index (χ4n) is 1.80. The van der Waals surface area contributed by atoms with Crippen LogP contribution >= 0.6 is 15.9 Å². The molecule has 0 spiro atoms. The summed E-state index contributed by atoms with van der Waals surface area (Å²) in [6, 6.07) is 8.54. The third kappa shape index (κ3) is 3.26. The van der Waals surface area contributed by atoms with Gasteiger partial charge in [0, 0.05) is 12.0 Å². The molecule has 0 saturated heterocycles. The standard InChI is InChI=1S/C15H11BrF2O/c1-9-6-12(17)4-2-10(9)8-15(19)11-3-5-13(16)14(18)7-11/h2-7H,8H2,1H3. The Hall–Kier alpha value is -1.55. The van der Waals surface area contributed by atoms with Crippen LogP contribution in [0.15, 0.2) is 40.9 Å². The summed E-state index contributed by atoms with van der Waals surface area (Å²) in [7, 11) is 0. The normalized spacial score (nSPS) is 10.5. The van der Waals surface area contributed by atoms with Crippen LogP contribution in [0.3, 0.4) is 0 Å². The molecule has 0 aliphatic rings. The molecule has 2 rings (SSSR count). The summed E-state index contributed by atoms with van der Waals surface area (Å²) in [4.78, 5) is 12.0. The molecule has 0 amide bonds. The molecular formula is C15H11BrF2O. The van der Waals surface area contributed by atoms with Gasteiger partial charge in [0.1, 0.15) is 11.6 Å². The third-order valence-electron chi connectivity index (χ3n) is 2.90. The minimum atomic E-state index is -0.471. The van der Waals surface area contributed by atoms with Gasteiger partial charge in [-0.15, -0.1) is 0 Å². The maximum Gasteiger partial charge on any atom is 0.167 e. The van der Waals surface area contributed by atoms with E-state index in [1.165, 1.54) is 24.3 Å². The fourth-order valence-corrected chi connectivity index (χ4v) is 2.05. The van der Waals surface area contributed by atoms with Gasteiger partial charge < -0.3 is 0 Å². The zero-order valence-electron chi connectivity index (χ0n) is 10.2. The zero-order valence-corrected chi connectivity index (χ0v) is 11.8. The topological polar surface area (TPSA) is 17.1 Å². The molecule has 0 saturated carbocycles. The van der Waals surface area contributed by atoms with E-state index < -0.39 is 5.82 Å². The van der Waals surface area contributed by atoms with Gasteiger partial charge in [-0.3, -0.25) is 4.79 Å². The van der Waals surface area contributed by atoms with Gasteiger partial charge in [0.25, 0.3) is 0 Å². The number of hydrogen-bond donors (Lipinski definition) is 0. The summed E-state index contributed by atoms with van der Waals surface area (Å²) in [5.74, 6) is -0.994. The van der Waals surface area contributed by atoms with Gasteiger partial charge in [-0.25, -0.2) is 8.78 Å². The molecule has 1 nitrogen and oxygen atoms in total. The molecular weight excluding hydrogens is 314 g/mol. The number of benzene rings is 2. The van der Waals surface area contributed by atoms with Gasteiger partial charge in [0.2, 0.25) is 0 Å². The maximum absolute atomic E-state index is 13.4. The highest BCUT2D eigenvalue weighted by atomic mass is 79.9. The lowest BCUT2D eigenvalue weighted by atomic mass is 9.99. The first kappa shape index (κ1) is 13.9. The predicted molar refractivity (Wildman–Crippen MR) is 73.3 cm³/mol. The third-order valence-corrected chi connectivity index (χ3v) is 3.54. The molecule has 0 aromatic heterocycles. The lowest BCUT2D eigenvalue weighted by Gasteiger charge is -2.06. The van der Waals surface area contributed by atoms with Crippen molar-refractivity contribution in [2.75, 3.05) is 0 Å². The smallest absolute Gasteiger partial charge is 0.167 e. The largest absolute Gasteiger partial charge is 0.294 e. The highest BCUT2D eigenvalue weighted by molar-refractivity contribution is 9.10. The van der Waals surface area contributed by atoms with E-state index in [0.717, 1.165) is 5.56 Å². The summed E-state index contributed by atoms with van der Waals surface area (Å²) in [5, 5.41) is 0. The quantitative estimate of drug-likeness (QED) is 0.762. The van der Waals surface area contributed by atoms with Gasteiger partial charge in [0.15, 0.2) is 5.78 Å². The molecule has 0 aliphatic carbocycles. The first-order valence-electron chi connectivity index (χ1n) is 5.70. The Balaban J connectivity index is 2.23. The molecule has 19 heavy (non-hydrogen) atoms. The van der Waals surface area contributed by atoms with Crippen LogP contribution in [-0.4, -0.2) is 5.78 Å². The Kier molecular flexibility index (Phi) is 4.10. The van der Waals surface area contributed by atoms with Gasteiger partial charge in [-0.2, -0.15) is 0 Å². The SMILES string of the molecule is Cc1cc(F)ccc1CC(=O)c1ccc(Br)c(F)c1. The number of halogens is 3. The van der Waals surface area contributed by atoms with Crippen molar-refractivity contribution in [1.29, 1.82) is 0 Å². The second-order valence-electron chi connectivity index (χ2n) is 4.30. The van der Waals surface area contributed by atoms with Crippen molar-refractivity contribution in [3.8, 4) is 0 Å². The highest BCUT2D eigenvalue weighted by Crippen LogP contribution is 2.18. The Bertz CT molecular complexity index is 638.